The van der Waals surface area contributed by atoms with Crippen LogP contribution in [0.2, 0.25) is 0 Å². The van der Waals surface area contributed by atoms with Crippen LogP contribution >= 0.6 is 0 Å². The Morgan fingerprint density at radius 3 is 2.62 bits per heavy atom. The smallest absolute Gasteiger partial charge is 0.400 e. The van der Waals surface area contributed by atoms with Gasteiger partial charge in [0.1, 0.15) is 0 Å². The van der Waals surface area contributed by atoms with Crippen molar-refractivity contribution in [1.82, 2.24) is 24.7 Å². The molecule has 0 unspecified atom stereocenters. The number of hydrogen-bond donors (Lipinski definition) is 1. The summed E-state index contributed by atoms with van der Waals surface area (Å²) in [5.41, 5.74) is 1.26. The molecule has 1 atom stereocenters. The highest BCUT2D eigenvalue weighted by Crippen LogP contribution is 2.38. The summed E-state index contributed by atoms with van der Waals surface area (Å²) in [5, 5.41) is 11.7. The van der Waals surface area contributed by atoms with Gasteiger partial charge in [0.15, 0.2) is 11.6 Å². The molecule has 0 bridgehead atoms. The molecule has 2 aliphatic rings. The third kappa shape index (κ3) is 5.21. The first kappa shape index (κ1) is 22.0. The number of aliphatic imine (C=N–C) groups is 1. The van der Waals surface area contributed by atoms with E-state index in [1.165, 1.54) is 18.5 Å². The van der Waals surface area contributed by atoms with Crippen LogP contribution in [0.5, 0.6) is 5.75 Å². The van der Waals surface area contributed by atoms with Gasteiger partial charge in [0, 0.05) is 30.3 Å². The first-order valence-corrected chi connectivity index (χ1v) is 10.8. The van der Waals surface area contributed by atoms with Gasteiger partial charge in [-0.2, -0.15) is 0 Å². The monoisotopic (exact) mass is 471 g/mol. The fourth-order valence-electron chi connectivity index (χ4n) is 3.78. The number of anilines is 1. The number of rotatable bonds is 6. The number of nitrogens with zero attached hydrogens (tertiary/aromatic N) is 6. The van der Waals surface area contributed by atoms with Gasteiger partial charge in [-0.05, 0) is 49.9 Å². The van der Waals surface area contributed by atoms with Crippen molar-refractivity contribution in [3.05, 3.63) is 58.9 Å². The third-order valence-corrected chi connectivity index (χ3v) is 5.59. The van der Waals surface area contributed by atoms with Crippen molar-refractivity contribution in [2.24, 2.45) is 4.99 Å². The summed E-state index contributed by atoms with van der Waals surface area (Å²) in [5.74, 6) is 0.640. The average Bonchev–Trinajstić information content (AvgIpc) is 3.56. The van der Waals surface area contributed by atoms with Gasteiger partial charge in [-0.3, -0.25) is 9.36 Å². The zero-order chi connectivity index (χ0) is 23.7. The van der Waals surface area contributed by atoms with Gasteiger partial charge in [0.25, 0.3) is 5.56 Å². The van der Waals surface area contributed by atoms with Gasteiger partial charge in [0.05, 0.1) is 23.8 Å². The molecule has 0 spiro atoms. The predicted molar refractivity (Wildman–Crippen MR) is 117 cm³/mol. The summed E-state index contributed by atoms with van der Waals surface area (Å²) in [6.07, 6.45) is 4.20. The molecule has 9 nitrogen and oxygen atoms in total. The van der Waals surface area contributed by atoms with Crippen molar-refractivity contribution in [1.29, 1.82) is 0 Å². The molecule has 1 N–H and O–H groups in total. The van der Waals surface area contributed by atoms with Crippen LogP contribution in [0.1, 0.15) is 43.7 Å². The van der Waals surface area contributed by atoms with Crippen molar-refractivity contribution in [3.63, 3.8) is 0 Å². The lowest BCUT2D eigenvalue weighted by atomic mass is 10.2. The van der Waals surface area contributed by atoms with E-state index in [4.69, 9.17) is 0 Å². The maximum Gasteiger partial charge on any atom is 0.573 e. The SMILES string of the molecule is O=c1c(OC(F)(F)F)cccn1-c1ccc(N=C2CC[C@H](Nc3ncc(C4CC4)nn3)C2)nc1. The number of pyridine rings is 2. The van der Waals surface area contributed by atoms with Gasteiger partial charge in [-0.1, -0.05) is 0 Å². The Hall–Kier alpha value is -3.83. The normalized spacial score (nSPS) is 19.4. The second kappa shape index (κ2) is 8.84. The van der Waals surface area contributed by atoms with Crippen LogP contribution in [-0.2, 0) is 0 Å². The number of aromatic nitrogens is 5. The van der Waals surface area contributed by atoms with E-state index in [2.05, 4.69) is 35.2 Å². The lowest BCUT2D eigenvalue weighted by Crippen LogP contribution is -2.26. The summed E-state index contributed by atoms with van der Waals surface area (Å²) in [6.45, 7) is 0. The predicted octanol–water partition coefficient (Wildman–Crippen LogP) is 3.93. The largest absolute Gasteiger partial charge is 0.573 e. The van der Waals surface area contributed by atoms with Crippen LogP contribution in [0.3, 0.4) is 0 Å². The van der Waals surface area contributed by atoms with Gasteiger partial charge < -0.3 is 10.1 Å². The van der Waals surface area contributed by atoms with E-state index < -0.39 is 17.7 Å². The molecule has 12 heteroatoms. The van der Waals surface area contributed by atoms with E-state index in [9.17, 15) is 18.0 Å². The van der Waals surface area contributed by atoms with Crippen molar-refractivity contribution in [3.8, 4) is 11.4 Å². The maximum absolute atomic E-state index is 12.5. The Labute approximate surface area is 191 Å². The summed E-state index contributed by atoms with van der Waals surface area (Å²) in [4.78, 5) is 25.5. The number of halogens is 3. The van der Waals surface area contributed by atoms with E-state index in [-0.39, 0.29) is 6.04 Å². The Morgan fingerprint density at radius 2 is 1.94 bits per heavy atom. The highest BCUT2D eigenvalue weighted by molar-refractivity contribution is 5.89. The lowest BCUT2D eigenvalue weighted by molar-refractivity contribution is -0.275. The van der Waals surface area contributed by atoms with Crippen LogP contribution < -0.4 is 15.6 Å². The summed E-state index contributed by atoms with van der Waals surface area (Å²) in [6, 6.07) is 5.57. The van der Waals surface area contributed by atoms with Crippen molar-refractivity contribution in [2.75, 3.05) is 5.32 Å². The minimum Gasteiger partial charge on any atom is -0.400 e. The van der Waals surface area contributed by atoms with E-state index in [0.29, 0.717) is 29.8 Å². The van der Waals surface area contributed by atoms with E-state index in [0.717, 1.165) is 47.7 Å². The Bertz CT molecular complexity index is 1250. The standard InChI is InChI=1S/C22H20F3N7O2/c23-22(24,25)34-18-2-1-9-32(20(18)33)16-7-8-19(26-11-16)28-14-5-6-15(10-14)29-21-27-12-17(30-31-21)13-3-4-13/h1-2,7-9,11-13,15H,3-6,10H2,(H,27,29,31)/t15-/m0/s1. The molecule has 5 rings (SSSR count). The van der Waals surface area contributed by atoms with Crippen LogP contribution in [0.4, 0.5) is 24.9 Å². The minimum absolute atomic E-state index is 0.140. The third-order valence-electron chi connectivity index (χ3n) is 5.59. The molecule has 2 saturated carbocycles. The highest BCUT2D eigenvalue weighted by atomic mass is 19.4. The molecule has 0 amide bonds. The fourth-order valence-corrected chi connectivity index (χ4v) is 3.78. The van der Waals surface area contributed by atoms with Gasteiger partial charge in [0.2, 0.25) is 5.95 Å². The zero-order valence-electron chi connectivity index (χ0n) is 17.9. The molecule has 2 fully saturated rings. The first-order valence-electron chi connectivity index (χ1n) is 10.8. The average molecular weight is 471 g/mol. The van der Waals surface area contributed by atoms with Crippen LogP contribution in [0, 0.1) is 0 Å². The molecule has 176 valence electrons. The molecule has 0 saturated heterocycles. The second-order valence-corrected chi connectivity index (χ2v) is 8.21. The fraction of sp³-hybridized carbons (Fsp3) is 0.364. The first-order chi connectivity index (χ1) is 16.3. The molecule has 3 heterocycles. The maximum atomic E-state index is 12.5. The number of ether oxygens (including phenoxy) is 1. The Kier molecular flexibility index (Phi) is 5.72. The Morgan fingerprint density at radius 1 is 1.09 bits per heavy atom. The topological polar surface area (TPSA) is 107 Å². The molecule has 34 heavy (non-hydrogen) atoms. The molecule has 0 aliphatic heterocycles. The van der Waals surface area contributed by atoms with Crippen LogP contribution in [0.15, 0.2) is 52.6 Å². The molecule has 3 aromatic rings. The molecular formula is C22H20F3N7O2. The second-order valence-electron chi connectivity index (χ2n) is 8.21. The molecule has 0 aromatic carbocycles. The van der Waals surface area contributed by atoms with Crippen LogP contribution in [0.25, 0.3) is 5.69 Å². The Balaban J connectivity index is 1.23. The van der Waals surface area contributed by atoms with Crippen LogP contribution in [-0.4, -0.2) is 42.8 Å². The van der Waals surface area contributed by atoms with Crippen molar-refractivity contribution in [2.45, 2.75) is 50.4 Å². The quantitative estimate of drug-likeness (QED) is 0.580. The van der Waals surface area contributed by atoms with Gasteiger partial charge in [-0.15, -0.1) is 23.4 Å². The lowest BCUT2D eigenvalue weighted by Gasteiger charge is -2.11. The number of hydrogen-bond acceptors (Lipinski definition) is 8. The zero-order valence-corrected chi connectivity index (χ0v) is 17.9. The molecule has 3 aromatic heterocycles. The summed E-state index contributed by atoms with van der Waals surface area (Å²) >= 11 is 0. The minimum atomic E-state index is -4.95. The van der Waals surface area contributed by atoms with E-state index in [1.54, 1.807) is 18.3 Å². The van der Waals surface area contributed by atoms with E-state index in [1.807, 2.05) is 0 Å². The number of nitrogens with one attached hydrogen (secondary N) is 1. The highest BCUT2D eigenvalue weighted by Gasteiger charge is 2.32. The summed E-state index contributed by atoms with van der Waals surface area (Å²) in [7, 11) is 0. The van der Waals surface area contributed by atoms with Gasteiger partial charge >= 0.3 is 6.36 Å². The van der Waals surface area contributed by atoms with Gasteiger partial charge in [-0.25, -0.2) is 15.0 Å². The molecular weight excluding hydrogens is 451 g/mol. The molecule has 2 aliphatic carbocycles. The number of alkyl halides is 3. The van der Waals surface area contributed by atoms with E-state index >= 15 is 0 Å². The van der Waals surface area contributed by atoms with Crippen molar-refractivity contribution >= 4 is 17.5 Å². The summed E-state index contributed by atoms with van der Waals surface area (Å²) < 4.78 is 42.3. The van der Waals surface area contributed by atoms with Crippen molar-refractivity contribution < 1.29 is 17.9 Å². The molecule has 0 radical (unpaired) electrons.